The normalized spacial score (nSPS) is 19.8. The molecule has 0 aliphatic carbocycles. The molecule has 1 unspecified atom stereocenters. The van der Waals surface area contributed by atoms with Gasteiger partial charge in [-0.15, -0.1) is 0 Å². The quantitative estimate of drug-likeness (QED) is 0.897. The van der Waals surface area contributed by atoms with E-state index in [1.807, 2.05) is 25.2 Å². The largest absolute Gasteiger partial charge is 0.318 e. The molecule has 106 valence electrons. The Labute approximate surface area is 118 Å². The molecule has 5 nitrogen and oxygen atoms in total. The topological polar surface area (TPSA) is 49.6 Å². The van der Waals surface area contributed by atoms with Crippen molar-refractivity contribution in [3.8, 4) is 0 Å². The Bertz CT molecular complexity index is 652. The first-order chi connectivity index (χ1) is 9.78. The molecule has 0 spiro atoms. The molecule has 1 atom stereocenters. The van der Waals surface area contributed by atoms with E-state index >= 15 is 0 Å². The maximum atomic E-state index is 12.1. The Kier molecular flexibility index (Phi) is 3.80. The van der Waals surface area contributed by atoms with Crippen molar-refractivity contribution >= 4 is 5.65 Å². The van der Waals surface area contributed by atoms with Gasteiger partial charge in [-0.25, -0.2) is 4.98 Å². The van der Waals surface area contributed by atoms with Gasteiger partial charge >= 0.3 is 0 Å². The molecule has 3 heterocycles. The van der Waals surface area contributed by atoms with Crippen molar-refractivity contribution in [2.24, 2.45) is 0 Å². The second-order valence-electron chi connectivity index (χ2n) is 5.34. The summed E-state index contributed by atoms with van der Waals surface area (Å²) in [6.45, 7) is 2.84. The van der Waals surface area contributed by atoms with Gasteiger partial charge in [0.25, 0.3) is 5.56 Å². The predicted octanol–water partition coefficient (Wildman–Crippen LogP) is 0.878. The molecular formula is C15H20N4O. The first kappa shape index (κ1) is 13.3. The van der Waals surface area contributed by atoms with Gasteiger partial charge in [0.2, 0.25) is 0 Å². The van der Waals surface area contributed by atoms with Crippen LogP contribution in [0.4, 0.5) is 0 Å². The maximum absolute atomic E-state index is 12.1. The molecule has 0 amide bonds. The third-order valence-corrected chi connectivity index (χ3v) is 3.93. The van der Waals surface area contributed by atoms with Gasteiger partial charge in [-0.3, -0.25) is 14.1 Å². The summed E-state index contributed by atoms with van der Waals surface area (Å²) in [6, 6.07) is 7.84. The van der Waals surface area contributed by atoms with Gasteiger partial charge in [0.15, 0.2) is 0 Å². The Morgan fingerprint density at radius 2 is 2.35 bits per heavy atom. The number of likely N-dealkylation sites (tertiary alicyclic amines) is 1. The zero-order valence-electron chi connectivity index (χ0n) is 11.7. The zero-order valence-corrected chi connectivity index (χ0v) is 11.7. The third kappa shape index (κ3) is 2.59. The van der Waals surface area contributed by atoms with Crippen LogP contribution in [0.2, 0.25) is 0 Å². The highest BCUT2D eigenvalue weighted by molar-refractivity contribution is 5.37. The zero-order chi connectivity index (χ0) is 13.9. The smallest absolute Gasteiger partial charge is 0.258 e. The van der Waals surface area contributed by atoms with Gasteiger partial charge in [0.05, 0.1) is 5.69 Å². The highest BCUT2D eigenvalue weighted by atomic mass is 16.1. The van der Waals surface area contributed by atoms with Crippen molar-refractivity contribution in [2.75, 3.05) is 20.1 Å². The molecule has 3 rings (SSSR count). The minimum absolute atomic E-state index is 0.00466. The lowest BCUT2D eigenvalue weighted by Crippen LogP contribution is -2.36. The molecule has 2 aromatic heterocycles. The number of nitrogens with one attached hydrogen (secondary N) is 1. The molecule has 1 saturated heterocycles. The standard InChI is InChI=1S/C15H20N4O/c1-16-10-13-5-4-7-18(13)11-12-9-15(20)19-8-3-2-6-14(19)17-12/h2-3,6,8-9,13,16H,4-5,7,10-11H2,1H3. The van der Waals surface area contributed by atoms with Crippen LogP contribution < -0.4 is 10.9 Å². The minimum atomic E-state index is -0.00466. The van der Waals surface area contributed by atoms with E-state index < -0.39 is 0 Å². The summed E-state index contributed by atoms with van der Waals surface area (Å²) in [5.74, 6) is 0. The lowest BCUT2D eigenvalue weighted by molar-refractivity contribution is 0.239. The fourth-order valence-corrected chi connectivity index (χ4v) is 2.96. The summed E-state index contributed by atoms with van der Waals surface area (Å²) in [7, 11) is 1.98. The van der Waals surface area contributed by atoms with E-state index in [1.165, 1.54) is 12.8 Å². The number of hydrogen-bond acceptors (Lipinski definition) is 4. The fraction of sp³-hybridized carbons (Fsp3) is 0.467. The Morgan fingerprint density at radius 3 is 3.20 bits per heavy atom. The molecule has 1 N–H and O–H groups in total. The van der Waals surface area contributed by atoms with Crippen molar-refractivity contribution in [1.29, 1.82) is 0 Å². The van der Waals surface area contributed by atoms with Crippen molar-refractivity contribution in [3.63, 3.8) is 0 Å². The monoisotopic (exact) mass is 272 g/mol. The summed E-state index contributed by atoms with van der Waals surface area (Å²) < 4.78 is 1.58. The van der Waals surface area contributed by atoms with Crippen molar-refractivity contribution in [3.05, 3.63) is 46.5 Å². The van der Waals surface area contributed by atoms with E-state index in [9.17, 15) is 4.79 Å². The fourth-order valence-electron chi connectivity index (χ4n) is 2.96. The molecule has 1 aliphatic rings. The van der Waals surface area contributed by atoms with Crippen LogP contribution in [0.15, 0.2) is 35.3 Å². The van der Waals surface area contributed by atoms with Crippen LogP contribution in [-0.2, 0) is 6.54 Å². The lowest BCUT2D eigenvalue weighted by Gasteiger charge is -2.23. The van der Waals surface area contributed by atoms with Gasteiger partial charge in [-0.1, -0.05) is 6.07 Å². The number of hydrogen-bond donors (Lipinski definition) is 1. The second-order valence-corrected chi connectivity index (χ2v) is 5.34. The van der Waals surface area contributed by atoms with Gasteiger partial charge in [-0.05, 0) is 38.6 Å². The van der Waals surface area contributed by atoms with Crippen LogP contribution >= 0.6 is 0 Å². The molecular weight excluding hydrogens is 252 g/mol. The molecule has 2 aromatic rings. The summed E-state index contributed by atoms with van der Waals surface area (Å²) in [4.78, 5) is 19.1. The van der Waals surface area contributed by atoms with E-state index in [0.717, 1.165) is 31.0 Å². The number of rotatable bonds is 4. The summed E-state index contributed by atoms with van der Waals surface area (Å²) in [5.41, 5.74) is 1.58. The predicted molar refractivity (Wildman–Crippen MR) is 78.8 cm³/mol. The number of likely N-dealkylation sites (N-methyl/N-ethyl adjacent to an activating group) is 1. The first-order valence-electron chi connectivity index (χ1n) is 7.14. The van der Waals surface area contributed by atoms with Crippen molar-refractivity contribution in [1.82, 2.24) is 19.6 Å². The van der Waals surface area contributed by atoms with Crippen molar-refractivity contribution < 1.29 is 0 Å². The van der Waals surface area contributed by atoms with Crippen LogP contribution in [0, 0.1) is 0 Å². The second kappa shape index (κ2) is 5.73. The van der Waals surface area contributed by atoms with Gasteiger partial charge in [0.1, 0.15) is 5.65 Å². The average molecular weight is 272 g/mol. The van der Waals surface area contributed by atoms with Crippen LogP contribution in [0.1, 0.15) is 18.5 Å². The van der Waals surface area contributed by atoms with E-state index in [1.54, 1.807) is 16.7 Å². The average Bonchev–Trinajstić information content (AvgIpc) is 2.87. The highest BCUT2D eigenvalue weighted by Crippen LogP contribution is 2.18. The third-order valence-electron chi connectivity index (χ3n) is 3.93. The Morgan fingerprint density at radius 1 is 1.45 bits per heavy atom. The molecule has 0 saturated carbocycles. The van der Waals surface area contributed by atoms with E-state index in [4.69, 9.17) is 0 Å². The molecule has 5 heteroatoms. The molecule has 0 aromatic carbocycles. The van der Waals surface area contributed by atoms with E-state index in [2.05, 4.69) is 15.2 Å². The lowest BCUT2D eigenvalue weighted by atomic mass is 10.2. The minimum Gasteiger partial charge on any atom is -0.318 e. The Hall–Kier alpha value is -1.72. The number of nitrogens with zero attached hydrogens (tertiary/aromatic N) is 3. The van der Waals surface area contributed by atoms with Crippen LogP contribution in [0.25, 0.3) is 5.65 Å². The number of aromatic nitrogens is 2. The van der Waals surface area contributed by atoms with E-state index in [-0.39, 0.29) is 5.56 Å². The van der Waals surface area contributed by atoms with Gasteiger partial charge in [0, 0.05) is 31.4 Å². The molecule has 1 aliphatic heterocycles. The summed E-state index contributed by atoms with van der Waals surface area (Å²) >= 11 is 0. The SMILES string of the molecule is CNCC1CCCN1Cc1cc(=O)n2ccccc2n1. The first-order valence-corrected chi connectivity index (χ1v) is 7.14. The maximum Gasteiger partial charge on any atom is 0.258 e. The summed E-state index contributed by atoms with van der Waals surface area (Å²) in [6.07, 6.45) is 4.19. The molecule has 0 radical (unpaired) electrons. The highest BCUT2D eigenvalue weighted by Gasteiger charge is 2.24. The van der Waals surface area contributed by atoms with Crippen LogP contribution in [0.5, 0.6) is 0 Å². The number of fused-ring (bicyclic) bond motifs is 1. The van der Waals surface area contributed by atoms with E-state index in [0.29, 0.717) is 6.04 Å². The molecule has 1 fully saturated rings. The number of pyridine rings is 1. The van der Waals surface area contributed by atoms with Gasteiger partial charge < -0.3 is 5.32 Å². The summed E-state index contributed by atoms with van der Waals surface area (Å²) in [5, 5.41) is 3.24. The van der Waals surface area contributed by atoms with Crippen LogP contribution in [-0.4, -0.2) is 40.5 Å². The Balaban J connectivity index is 1.86. The molecule has 20 heavy (non-hydrogen) atoms. The molecule has 0 bridgehead atoms. The van der Waals surface area contributed by atoms with Crippen molar-refractivity contribution in [2.45, 2.75) is 25.4 Å². The van der Waals surface area contributed by atoms with Gasteiger partial charge in [-0.2, -0.15) is 0 Å². The van der Waals surface area contributed by atoms with Crippen LogP contribution in [0.3, 0.4) is 0 Å².